The van der Waals surface area contributed by atoms with Crippen LogP contribution in [0.4, 0.5) is 11.5 Å². The third-order valence-corrected chi connectivity index (χ3v) is 3.78. The average Bonchev–Trinajstić information content (AvgIpc) is 2.66. The number of amides is 2. The van der Waals surface area contributed by atoms with Crippen LogP contribution in [-0.4, -0.2) is 23.3 Å². The zero-order valence-electron chi connectivity index (χ0n) is 9.81. The molecule has 6 nitrogen and oxygen atoms in total. The molecule has 1 aromatic heterocycles. The van der Waals surface area contributed by atoms with Gasteiger partial charge >= 0.3 is 0 Å². The average molecular weight is 313 g/mol. The van der Waals surface area contributed by atoms with Crippen molar-refractivity contribution in [3.8, 4) is 0 Å². The number of anilines is 2. The molecule has 1 atom stereocenters. The molecule has 0 radical (unpaired) electrons. The SMILES string of the molecule is Cc1nc(N)c(N2CC(C(N)=O)CC2=O)cc1Br. The molecule has 7 heteroatoms. The minimum absolute atomic E-state index is 0.125. The predicted octanol–water partition coefficient (Wildman–Crippen LogP) is 0.573. The van der Waals surface area contributed by atoms with E-state index in [4.69, 9.17) is 11.5 Å². The lowest BCUT2D eigenvalue weighted by Crippen LogP contribution is -2.29. The van der Waals surface area contributed by atoms with Crippen molar-refractivity contribution in [1.82, 2.24) is 4.98 Å². The second-order valence-electron chi connectivity index (χ2n) is 4.27. The zero-order valence-corrected chi connectivity index (χ0v) is 11.4. The van der Waals surface area contributed by atoms with Crippen molar-refractivity contribution in [1.29, 1.82) is 0 Å². The van der Waals surface area contributed by atoms with Crippen LogP contribution in [0.1, 0.15) is 12.1 Å². The van der Waals surface area contributed by atoms with Gasteiger partial charge in [0.05, 0.1) is 17.3 Å². The summed E-state index contributed by atoms with van der Waals surface area (Å²) in [5, 5.41) is 0. The standard InChI is InChI=1S/C11H13BrN4O2/c1-5-7(12)3-8(10(13)15-5)16-4-6(11(14)18)2-9(16)17/h3,6H,2,4H2,1H3,(H2,13,15)(H2,14,18). The van der Waals surface area contributed by atoms with Crippen molar-refractivity contribution in [2.75, 3.05) is 17.2 Å². The maximum Gasteiger partial charge on any atom is 0.227 e. The topological polar surface area (TPSA) is 102 Å². The van der Waals surface area contributed by atoms with Gasteiger partial charge < -0.3 is 16.4 Å². The Kier molecular flexibility index (Phi) is 3.25. The Morgan fingerprint density at radius 1 is 1.61 bits per heavy atom. The van der Waals surface area contributed by atoms with E-state index in [0.29, 0.717) is 5.69 Å². The fourth-order valence-electron chi connectivity index (χ4n) is 1.94. The first-order valence-corrected chi connectivity index (χ1v) is 6.21. The fourth-order valence-corrected chi connectivity index (χ4v) is 2.24. The van der Waals surface area contributed by atoms with E-state index in [1.54, 1.807) is 6.07 Å². The van der Waals surface area contributed by atoms with Crippen molar-refractivity contribution >= 4 is 39.2 Å². The largest absolute Gasteiger partial charge is 0.382 e. The number of carbonyl (C=O) groups excluding carboxylic acids is 2. The molecule has 2 rings (SSSR count). The summed E-state index contributed by atoms with van der Waals surface area (Å²) in [5.41, 5.74) is 12.3. The van der Waals surface area contributed by atoms with Gasteiger partial charge in [0.2, 0.25) is 11.8 Å². The van der Waals surface area contributed by atoms with Gasteiger partial charge in [0, 0.05) is 17.4 Å². The number of hydrogen-bond donors (Lipinski definition) is 2. The molecule has 0 saturated carbocycles. The molecule has 18 heavy (non-hydrogen) atoms. The van der Waals surface area contributed by atoms with Crippen molar-refractivity contribution in [3.05, 3.63) is 16.2 Å². The van der Waals surface area contributed by atoms with Gasteiger partial charge in [0.1, 0.15) is 5.82 Å². The Morgan fingerprint density at radius 3 is 2.83 bits per heavy atom. The smallest absolute Gasteiger partial charge is 0.227 e. The molecule has 1 aliphatic rings. The zero-order chi connectivity index (χ0) is 13.4. The molecule has 1 aromatic rings. The highest BCUT2D eigenvalue weighted by Gasteiger charge is 2.35. The van der Waals surface area contributed by atoms with E-state index in [-0.39, 0.29) is 24.7 Å². The van der Waals surface area contributed by atoms with Gasteiger partial charge in [-0.2, -0.15) is 0 Å². The number of nitrogens with two attached hydrogens (primary N) is 2. The van der Waals surface area contributed by atoms with Gasteiger partial charge in [0.25, 0.3) is 0 Å². The number of aromatic nitrogens is 1. The predicted molar refractivity (Wildman–Crippen MR) is 70.7 cm³/mol. The van der Waals surface area contributed by atoms with E-state index in [1.165, 1.54) is 4.90 Å². The molecule has 96 valence electrons. The molecular formula is C11H13BrN4O2. The van der Waals surface area contributed by atoms with E-state index in [2.05, 4.69) is 20.9 Å². The van der Waals surface area contributed by atoms with Gasteiger partial charge in [-0.25, -0.2) is 4.98 Å². The number of hydrogen-bond acceptors (Lipinski definition) is 4. The second-order valence-corrected chi connectivity index (χ2v) is 5.12. The van der Waals surface area contributed by atoms with Gasteiger partial charge in [-0.3, -0.25) is 9.59 Å². The number of nitrogen functional groups attached to an aromatic ring is 1. The Hall–Kier alpha value is -1.63. The molecule has 2 heterocycles. The minimum Gasteiger partial charge on any atom is -0.382 e. The van der Waals surface area contributed by atoms with Crippen LogP contribution in [-0.2, 0) is 9.59 Å². The van der Waals surface area contributed by atoms with Gasteiger partial charge in [-0.1, -0.05) is 0 Å². The van der Waals surface area contributed by atoms with Crippen molar-refractivity contribution in [3.63, 3.8) is 0 Å². The third-order valence-electron chi connectivity index (χ3n) is 2.98. The number of carbonyl (C=O) groups is 2. The number of halogens is 1. The summed E-state index contributed by atoms with van der Waals surface area (Å²) in [6.07, 6.45) is 0.125. The van der Waals surface area contributed by atoms with E-state index in [1.807, 2.05) is 6.92 Å². The maximum absolute atomic E-state index is 11.9. The van der Waals surface area contributed by atoms with Gasteiger partial charge in [-0.05, 0) is 28.9 Å². The molecule has 0 aromatic carbocycles. The minimum atomic E-state index is -0.469. The Morgan fingerprint density at radius 2 is 2.28 bits per heavy atom. The van der Waals surface area contributed by atoms with E-state index >= 15 is 0 Å². The second kappa shape index (κ2) is 4.56. The summed E-state index contributed by atoms with van der Waals surface area (Å²) in [6, 6.07) is 1.74. The molecule has 1 fully saturated rings. The molecule has 1 aliphatic heterocycles. The quantitative estimate of drug-likeness (QED) is 0.833. The van der Waals surface area contributed by atoms with Crippen molar-refractivity contribution in [2.24, 2.45) is 11.7 Å². The highest BCUT2D eigenvalue weighted by molar-refractivity contribution is 9.10. The van der Waals surface area contributed by atoms with Crippen LogP contribution in [0, 0.1) is 12.8 Å². The molecule has 0 spiro atoms. The van der Waals surface area contributed by atoms with Crippen LogP contribution in [0.25, 0.3) is 0 Å². The number of rotatable bonds is 2. The summed E-state index contributed by atoms with van der Waals surface area (Å²) in [4.78, 5) is 28.6. The van der Waals surface area contributed by atoms with Crippen molar-refractivity contribution in [2.45, 2.75) is 13.3 Å². The summed E-state index contributed by atoms with van der Waals surface area (Å²) >= 11 is 3.34. The summed E-state index contributed by atoms with van der Waals surface area (Å²) < 4.78 is 0.766. The maximum atomic E-state index is 11.9. The lowest BCUT2D eigenvalue weighted by atomic mass is 10.1. The number of nitrogens with zero attached hydrogens (tertiary/aromatic N) is 2. The first-order chi connectivity index (χ1) is 8.40. The molecule has 1 unspecified atom stereocenters. The summed E-state index contributed by atoms with van der Waals surface area (Å²) in [7, 11) is 0. The Balaban J connectivity index is 2.35. The Labute approximate surface area is 112 Å². The van der Waals surface area contributed by atoms with Gasteiger partial charge in [-0.15, -0.1) is 0 Å². The number of aryl methyl sites for hydroxylation is 1. The molecule has 2 amide bonds. The highest BCUT2D eigenvalue weighted by Crippen LogP contribution is 2.32. The van der Waals surface area contributed by atoms with Gasteiger partial charge in [0.15, 0.2) is 0 Å². The molecule has 4 N–H and O–H groups in total. The van der Waals surface area contributed by atoms with E-state index in [9.17, 15) is 9.59 Å². The fraction of sp³-hybridized carbons (Fsp3) is 0.364. The van der Waals surface area contributed by atoms with Crippen LogP contribution < -0.4 is 16.4 Å². The first kappa shape index (κ1) is 12.8. The third kappa shape index (κ3) is 2.17. The van der Waals surface area contributed by atoms with Crippen LogP contribution in [0.2, 0.25) is 0 Å². The van der Waals surface area contributed by atoms with E-state index in [0.717, 1.165) is 10.2 Å². The molecular weight excluding hydrogens is 300 g/mol. The number of pyridine rings is 1. The lowest BCUT2D eigenvalue weighted by Gasteiger charge is -2.18. The Bertz CT molecular complexity index is 532. The number of primary amides is 1. The molecule has 0 aliphatic carbocycles. The van der Waals surface area contributed by atoms with Crippen LogP contribution in [0.3, 0.4) is 0 Å². The summed E-state index contributed by atoms with van der Waals surface area (Å²) in [5.74, 6) is -0.822. The van der Waals surface area contributed by atoms with Crippen LogP contribution in [0.5, 0.6) is 0 Å². The first-order valence-electron chi connectivity index (χ1n) is 5.42. The van der Waals surface area contributed by atoms with Crippen molar-refractivity contribution < 1.29 is 9.59 Å². The van der Waals surface area contributed by atoms with E-state index < -0.39 is 11.8 Å². The summed E-state index contributed by atoms with van der Waals surface area (Å²) in [6.45, 7) is 2.07. The van der Waals surface area contributed by atoms with Crippen LogP contribution >= 0.6 is 15.9 Å². The molecule has 0 bridgehead atoms. The van der Waals surface area contributed by atoms with Crippen LogP contribution in [0.15, 0.2) is 10.5 Å². The normalized spacial score (nSPS) is 19.3. The molecule has 1 saturated heterocycles. The lowest BCUT2D eigenvalue weighted by molar-refractivity contribution is -0.123. The monoisotopic (exact) mass is 312 g/mol. The highest BCUT2D eigenvalue weighted by atomic mass is 79.9.